The number of rotatable bonds is 9. The van der Waals surface area contributed by atoms with Crippen molar-refractivity contribution in [1.82, 2.24) is 0 Å². The SMILES string of the molecule is C=CCCC(O)C(CC1CC1)C(=O)C1N=C(c2ccc(C(F)(F)F)cc2)c2ccccc2N(C)C1N. The molecular weight excluding hydrogens is 467 g/mol. The average Bonchev–Trinajstić information content (AvgIpc) is 3.70. The van der Waals surface area contributed by atoms with Gasteiger partial charge in [-0.05, 0) is 43.4 Å². The molecule has 0 radical (unpaired) electrons. The lowest BCUT2D eigenvalue weighted by Gasteiger charge is -2.32. The van der Waals surface area contributed by atoms with Crippen LogP contribution in [0.2, 0.25) is 0 Å². The molecule has 2 aliphatic rings. The fourth-order valence-electron chi connectivity index (χ4n) is 4.80. The number of para-hydroxylation sites is 1. The Morgan fingerprint density at radius 3 is 2.50 bits per heavy atom. The first kappa shape index (κ1) is 26.1. The molecule has 0 saturated heterocycles. The molecule has 1 heterocycles. The number of ketones is 1. The van der Waals surface area contributed by atoms with E-state index in [9.17, 15) is 23.1 Å². The normalized spacial score (nSPS) is 21.7. The number of benzodiazepines with no additional fused rings is 1. The molecule has 0 spiro atoms. The molecule has 2 aromatic carbocycles. The van der Waals surface area contributed by atoms with Gasteiger partial charge in [0.1, 0.15) is 12.2 Å². The third kappa shape index (κ3) is 5.55. The van der Waals surface area contributed by atoms with Gasteiger partial charge in [0, 0.05) is 29.8 Å². The molecule has 8 heteroatoms. The van der Waals surface area contributed by atoms with Gasteiger partial charge in [0.2, 0.25) is 0 Å². The zero-order valence-corrected chi connectivity index (χ0v) is 20.3. The number of carbonyl (C=O) groups excluding carboxylic acids is 1. The number of likely N-dealkylation sites (N-methyl/N-ethyl adjacent to an activating group) is 1. The number of alkyl halides is 3. The number of fused-ring (bicyclic) bond motifs is 1. The molecule has 3 N–H and O–H groups in total. The Balaban J connectivity index is 1.77. The molecule has 0 aromatic heterocycles. The second kappa shape index (κ2) is 10.6. The Bertz CT molecular complexity index is 1130. The Hall–Kier alpha value is -2.97. The van der Waals surface area contributed by atoms with Crippen LogP contribution in [0.25, 0.3) is 0 Å². The third-order valence-electron chi connectivity index (χ3n) is 7.14. The number of Topliss-reactive ketones (excluding diaryl/α,β-unsaturated/α-hetero) is 1. The first-order valence-electron chi connectivity index (χ1n) is 12.3. The van der Waals surface area contributed by atoms with E-state index < -0.39 is 36.0 Å². The second-order valence-electron chi connectivity index (χ2n) is 9.74. The summed E-state index contributed by atoms with van der Waals surface area (Å²) in [5.41, 5.74) is 8.11. The fourth-order valence-corrected chi connectivity index (χ4v) is 4.80. The molecule has 4 rings (SSSR count). The lowest BCUT2D eigenvalue weighted by molar-refractivity contribution is -0.137. The van der Waals surface area contributed by atoms with Crippen LogP contribution in [0.1, 0.15) is 48.8 Å². The lowest BCUT2D eigenvalue weighted by Crippen LogP contribution is -2.53. The Morgan fingerprint density at radius 1 is 1.22 bits per heavy atom. The minimum atomic E-state index is -4.46. The van der Waals surface area contributed by atoms with E-state index in [1.54, 1.807) is 18.0 Å². The van der Waals surface area contributed by atoms with Gasteiger partial charge < -0.3 is 15.7 Å². The van der Waals surface area contributed by atoms with E-state index in [1.807, 2.05) is 24.3 Å². The number of allylic oxidation sites excluding steroid dienone is 1. The molecule has 192 valence electrons. The molecule has 0 bridgehead atoms. The number of aliphatic hydroxyl groups is 1. The first-order chi connectivity index (χ1) is 17.1. The van der Waals surface area contributed by atoms with E-state index >= 15 is 0 Å². The van der Waals surface area contributed by atoms with Crippen LogP contribution < -0.4 is 10.6 Å². The second-order valence-corrected chi connectivity index (χ2v) is 9.74. The molecule has 4 atom stereocenters. The standard InChI is InChI=1S/C28H32F3N3O2/c1-3-4-9-23(35)21(16-17-10-11-17)26(36)25-27(32)34(2)22-8-6-5-7-20(22)24(33-25)18-12-14-19(15-13-18)28(29,30)31/h3,5-8,12-15,17,21,23,25,27,35H,1,4,9-11,16,32H2,2H3. The Morgan fingerprint density at radius 2 is 1.89 bits per heavy atom. The monoisotopic (exact) mass is 499 g/mol. The van der Waals surface area contributed by atoms with Crippen LogP contribution in [0.4, 0.5) is 18.9 Å². The third-order valence-corrected chi connectivity index (χ3v) is 7.14. The predicted molar refractivity (Wildman–Crippen MR) is 135 cm³/mol. The highest BCUT2D eigenvalue weighted by molar-refractivity contribution is 6.17. The van der Waals surface area contributed by atoms with E-state index in [4.69, 9.17) is 10.7 Å². The molecule has 1 aliphatic heterocycles. The summed E-state index contributed by atoms with van der Waals surface area (Å²) in [7, 11) is 1.78. The number of halogens is 3. The number of hydrogen-bond donors (Lipinski definition) is 2. The number of nitrogens with zero attached hydrogens (tertiary/aromatic N) is 2. The van der Waals surface area contributed by atoms with Gasteiger partial charge in [0.05, 0.1) is 17.4 Å². The lowest BCUT2D eigenvalue weighted by atomic mass is 9.85. The Kier molecular flexibility index (Phi) is 7.66. The molecule has 4 unspecified atom stereocenters. The summed E-state index contributed by atoms with van der Waals surface area (Å²) in [6, 6.07) is 11.1. The molecule has 1 saturated carbocycles. The number of carbonyl (C=O) groups is 1. The van der Waals surface area contributed by atoms with Crippen molar-refractivity contribution in [2.45, 2.75) is 56.6 Å². The fraction of sp³-hybridized carbons (Fsp3) is 0.429. The maximum Gasteiger partial charge on any atom is 0.416 e. The van der Waals surface area contributed by atoms with Gasteiger partial charge in [-0.3, -0.25) is 9.79 Å². The largest absolute Gasteiger partial charge is 0.416 e. The zero-order chi connectivity index (χ0) is 26.0. The summed E-state index contributed by atoms with van der Waals surface area (Å²) in [6.07, 6.45) is -0.770. The van der Waals surface area contributed by atoms with Gasteiger partial charge in [0.25, 0.3) is 0 Å². The van der Waals surface area contributed by atoms with Gasteiger partial charge in [-0.25, -0.2) is 0 Å². The van der Waals surface area contributed by atoms with Crippen LogP contribution in [-0.2, 0) is 11.0 Å². The molecule has 0 amide bonds. The minimum absolute atomic E-state index is 0.241. The summed E-state index contributed by atoms with van der Waals surface area (Å²) < 4.78 is 39.5. The van der Waals surface area contributed by atoms with Crippen LogP contribution >= 0.6 is 0 Å². The van der Waals surface area contributed by atoms with E-state index in [-0.39, 0.29) is 5.78 Å². The number of aliphatic imine (C=N–C) groups is 1. The predicted octanol–water partition coefficient (Wildman–Crippen LogP) is 4.96. The van der Waals surface area contributed by atoms with Crippen molar-refractivity contribution in [2.24, 2.45) is 22.6 Å². The van der Waals surface area contributed by atoms with Crippen molar-refractivity contribution in [3.05, 3.63) is 77.9 Å². The van der Waals surface area contributed by atoms with Crippen LogP contribution in [0.3, 0.4) is 0 Å². The maximum absolute atomic E-state index is 13.9. The van der Waals surface area contributed by atoms with Crippen molar-refractivity contribution in [2.75, 3.05) is 11.9 Å². The summed E-state index contributed by atoms with van der Waals surface area (Å²) in [4.78, 5) is 20.5. The molecule has 2 aromatic rings. The molecule has 36 heavy (non-hydrogen) atoms. The van der Waals surface area contributed by atoms with Gasteiger partial charge in [-0.15, -0.1) is 6.58 Å². The van der Waals surface area contributed by atoms with Crippen LogP contribution in [0, 0.1) is 11.8 Å². The first-order valence-corrected chi connectivity index (χ1v) is 12.3. The summed E-state index contributed by atoms with van der Waals surface area (Å²) in [6.45, 7) is 3.71. The quantitative estimate of drug-likeness (QED) is 0.478. The van der Waals surface area contributed by atoms with Crippen molar-refractivity contribution in [3.8, 4) is 0 Å². The Labute approximate surface area is 209 Å². The van der Waals surface area contributed by atoms with Gasteiger partial charge in [0.15, 0.2) is 5.78 Å². The molecular formula is C28H32F3N3O2. The zero-order valence-electron chi connectivity index (χ0n) is 20.3. The van der Waals surface area contributed by atoms with E-state index in [1.165, 1.54) is 12.1 Å². The van der Waals surface area contributed by atoms with E-state index in [2.05, 4.69) is 6.58 Å². The van der Waals surface area contributed by atoms with Crippen molar-refractivity contribution >= 4 is 17.2 Å². The summed E-state index contributed by atoms with van der Waals surface area (Å²) in [5.74, 6) is -0.469. The van der Waals surface area contributed by atoms with E-state index in [0.717, 1.165) is 30.7 Å². The van der Waals surface area contributed by atoms with Crippen LogP contribution in [0.5, 0.6) is 0 Å². The number of nitrogens with two attached hydrogens (primary N) is 1. The molecule has 5 nitrogen and oxygen atoms in total. The van der Waals surface area contributed by atoms with Crippen LogP contribution in [-0.4, -0.2) is 42.0 Å². The molecule has 1 fully saturated rings. The van der Waals surface area contributed by atoms with Crippen LogP contribution in [0.15, 0.2) is 66.2 Å². The summed E-state index contributed by atoms with van der Waals surface area (Å²) >= 11 is 0. The number of hydrogen-bond acceptors (Lipinski definition) is 5. The number of aliphatic hydroxyl groups excluding tert-OH is 1. The number of anilines is 1. The van der Waals surface area contributed by atoms with Crippen molar-refractivity contribution in [1.29, 1.82) is 0 Å². The summed E-state index contributed by atoms with van der Waals surface area (Å²) in [5, 5.41) is 10.9. The van der Waals surface area contributed by atoms with Crippen molar-refractivity contribution in [3.63, 3.8) is 0 Å². The van der Waals surface area contributed by atoms with Gasteiger partial charge in [-0.2, -0.15) is 13.2 Å². The highest BCUT2D eigenvalue weighted by atomic mass is 19.4. The smallest absolute Gasteiger partial charge is 0.392 e. The highest BCUT2D eigenvalue weighted by Gasteiger charge is 2.41. The van der Waals surface area contributed by atoms with Gasteiger partial charge in [-0.1, -0.05) is 49.2 Å². The number of benzene rings is 2. The topological polar surface area (TPSA) is 78.9 Å². The average molecular weight is 500 g/mol. The highest BCUT2D eigenvalue weighted by Crippen LogP contribution is 2.39. The van der Waals surface area contributed by atoms with Crippen molar-refractivity contribution < 1.29 is 23.1 Å². The molecule has 1 aliphatic carbocycles. The maximum atomic E-state index is 13.9. The minimum Gasteiger partial charge on any atom is -0.392 e. The van der Waals surface area contributed by atoms with Gasteiger partial charge >= 0.3 is 6.18 Å². The van der Waals surface area contributed by atoms with E-state index in [0.29, 0.717) is 42.0 Å².